The third-order valence-electron chi connectivity index (χ3n) is 9.88. The molecule has 0 N–H and O–H groups in total. The average molecular weight is 446 g/mol. The van der Waals surface area contributed by atoms with Gasteiger partial charge in [-0.05, 0) is 87.4 Å². The maximum absolute atomic E-state index is 12.9. The second kappa shape index (κ2) is 10.2. The molecule has 3 unspecified atom stereocenters. The molecule has 4 heteroatoms. The Labute approximate surface area is 196 Å². The van der Waals surface area contributed by atoms with Crippen LogP contribution in [-0.2, 0) is 14.3 Å². The fraction of sp³-hybridized carbons (Fsp3) is 0.929. The number of carbonyl (C=O) groups excluding carboxylic acids is 2. The number of likely N-dealkylation sites (tertiary alicyclic amines) is 1. The van der Waals surface area contributed by atoms with Gasteiger partial charge in [-0.1, -0.05) is 47.0 Å². The zero-order chi connectivity index (χ0) is 22.9. The second-order valence-corrected chi connectivity index (χ2v) is 12.2. The van der Waals surface area contributed by atoms with E-state index in [1.807, 2.05) is 0 Å². The summed E-state index contributed by atoms with van der Waals surface area (Å²) in [7, 11) is 0. The highest BCUT2D eigenvalue weighted by Crippen LogP contribution is 2.49. The molecule has 4 fully saturated rings. The fourth-order valence-corrected chi connectivity index (χ4v) is 7.42. The Morgan fingerprint density at radius 3 is 2.00 bits per heavy atom. The van der Waals surface area contributed by atoms with E-state index in [1.54, 1.807) is 4.90 Å². The van der Waals surface area contributed by atoms with E-state index in [0.29, 0.717) is 18.1 Å². The molecule has 182 valence electrons. The van der Waals surface area contributed by atoms with E-state index in [2.05, 4.69) is 27.7 Å². The quantitative estimate of drug-likeness (QED) is 0.428. The molecule has 3 aliphatic carbocycles. The summed E-state index contributed by atoms with van der Waals surface area (Å²) in [6, 6.07) is 0. The van der Waals surface area contributed by atoms with Crippen molar-refractivity contribution < 1.29 is 14.3 Å². The highest BCUT2D eigenvalue weighted by atomic mass is 16.5. The van der Waals surface area contributed by atoms with Crippen molar-refractivity contribution in [3.05, 3.63) is 0 Å². The minimum Gasteiger partial charge on any atom is -0.375 e. The highest BCUT2D eigenvalue weighted by Gasteiger charge is 2.50. The summed E-state index contributed by atoms with van der Waals surface area (Å²) in [5.41, 5.74) is 0.446. The summed E-state index contributed by atoms with van der Waals surface area (Å²) < 4.78 is 6.58. The Hall–Kier alpha value is -0.900. The molecule has 4 aliphatic rings. The van der Waals surface area contributed by atoms with Gasteiger partial charge in [0.15, 0.2) is 0 Å². The molecule has 0 spiro atoms. The van der Waals surface area contributed by atoms with Crippen molar-refractivity contribution in [1.29, 1.82) is 0 Å². The van der Waals surface area contributed by atoms with Crippen molar-refractivity contribution in [2.45, 2.75) is 123 Å². The zero-order valence-corrected chi connectivity index (χ0v) is 21.1. The molecule has 1 heterocycles. The first-order valence-electron chi connectivity index (χ1n) is 13.8. The van der Waals surface area contributed by atoms with Crippen LogP contribution in [0.25, 0.3) is 0 Å². The first kappa shape index (κ1) is 24.2. The zero-order valence-electron chi connectivity index (χ0n) is 21.1. The van der Waals surface area contributed by atoms with Crippen LogP contribution in [0.2, 0.25) is 0 Å². The molecule has 2 amide bonds. The second-order valence-electron chi connectivity index (χ2n) is 12.2. The summed E-state index contributed by atoms with van der Waals surface area (Å²) in [6.45, 7) is 10.2. The van der Waals surface area contributed by atoms with Gasteiger partial charge in [0.1, 0.15) is 0 Å². The SMILES string of the molecule is CCCCN1C(=O)C2CCC(OC3CCC(C(C)(C)C4CCC(C)CC4)CC3)CC2C1=O. The third-order valence-corrected chi connectivity index (χ3v) is 9.88. The third kappa shape index (κ3) is 4.95. The lowest BCUT2D eigenvalue weighted by molar-refractivity contribution is -0.140. The monoisotopic (exact) mass is 445 g/mol. The minimum absolute atomic E-state index is 0.0750. The lowest BCUT2D eigenvalue weighted by Gasteiger charge is -2.47. The molecule has 3 saturated carbocycles. The van der Waals surface area contributed by atoms with E-state index in [0.717, 1.165) is 62.7 Å². The number of fused-ring (bicyclic) bond motifs is 1. The molecular weight excluding hydrogens is 398 g/mol. The van der Waals surface area contributed by atoms with Gasteiger partial charge in [0.2, 0.25) is 11.8 Å². The van der Waals surface area contributed by atoms with Gasteiger partial charge in [-0.25, -0.2) is 0 Å². The van der Waals surface area contributed by atoms with Crippen molar-refractivity contribution in [3.63, 3.8) is 0 Å². The van der Waals surface area contributed by atoms with Gasteiger partial charge < -0.3 is 4.74 Å². The Morgan fingerprint density at radius 1 is 0.812 bits per heavy atom. The molecule has 4 nitrogen and oxygen atoms in total. The van der Waals surface area contributed by atoms with Crippen LogP contribution in [0.5, 0.6) is 0 Å². The number of unbranched alkanes of at least 4 members (excludes halogenated alkanes) is 1. The van der Waals surface area contributed by atoms with E-state index < -0.39 is 0 Å². The van der Waals surface area contributed by atoms with Gasteiger partial charge in [-0.3, -0.25) is 14.5 Å². The number of hydrogen-bond acceptors (Lipinski definition) is 3. The van der Waals surface area contributed by atoms with E-state index in [-0.39, 0.29) is 29.8 Å². The number of nitrogens with zero attached hydrogens (tertiary/aromatic N) is 1. The number of hydrogen-bond donors (Lipinski definition) is 0. The fourth-order valence-electron chi connectivity index (χ4n) is 7.42. The van der Waals surface area contributed by atoms with E-state index in [9.17, 15) is 9.59 Å². The number of rotatable bonds is 7. The first-order chi connectivity index (χ1) is 15.3. The summed E-state index contributed by atoms with van der Waals surface area (Å²) >= 11 is 0. The van der Waals surface area contributed by atoms with Crippen molar-refractivity contribution in [3.8, 4) is 0 Å². The standard InChI is InChI=1S/C28H47NO3/c1-5-6-17-29-26(30)24-16-15-23(18-25(24)27(29)31)32-22-13-11-21(12-14-22)28(3,4)20-9-7-19(2)8-10-20/h19-25H,5-18H2,1-4H3. The van der Waals surface area contributed by atoms with E-state index in [4.69, 9.17) is 4.74 Å². The summed E-state index contributed by atoms with van der Waals surface area (Å²) in [4.78, 5) is 27.1. The molecule has 1 aliphatic heterocycles. The molecular formula is C28H47NO3. The number of amides is 2. The Kier molecular flexibility index (Phi) is 7.69. The molecule has 1 saturated heterocycles. The highest BCUT2D eigenvalue weighted by molar-refractivity contribution is 6.05. The van der Waals surface area contributed by atoms with Crippen molar-refractivity contribution in [2.24, 2.45) is 35.0 Å². The molecule has 0 aromatic heterocycles. The van der Waals surface area contributed by atoms with Crippen LogP contribution in [0.3, 0.4) is 0 Å². The van der Waals surface area contributed by atoms with Gasteiger partial charge in [-0.2, -0.15) is 0 Å². The van der Waals surface area contributed by atoms with E-state index >= 15 is 0 Å². The molecule has 0 aromatic carbocycles. The van der Waals surface area contributed by atoms with Crippen LogP contribution in [0.1, 0.15) is 111 Å². The normalized spacial score (nSPS) is 38.8. The summed E-state index contributed by atoms with van der Waals surface area (Å²) in [6.07, 6.45) is 15.5. The van der Waals surface area contributed by atoms with E-state index in [1.165, 1.54) is 38.5 Å². The molecule has 0 radical (unpaired) electrons. The Morgan fingerprint density at radius 2 is 1.38 bits per heavy atom. The largest absolute Gasteiger partial charge is 0.375 e. The maximum atomic E-state index is 12.9. The van der Waals surface area contributed by atoms with Crippen molar-refractivity contribution >= 4 is 11.8 Å². The summed E-state index contributed by atoms with van der Waals surface area (Å²) in [5.74, 6) is 2.59. The van der Waals surface area contributed by atoms with Crippen LogP contribution in [0.4, 0.5) is 0 Å². The van der Waals surface area contributed by atoms with Crippen molar-refractivity contribution in [1.82, 2.24) is 4.90 Å². The minimum atomic E-state index is -0.123. The Bertz CT molecular complexity index is 658. The van der Waals surface area contributed by atoms with Gasteiger partial charge in [0.05, 0.1) is 24.0 Å². The number of carbonyl (C=O) groups is 2. The van der Waals surface area contributed by atoms with Gasteiger partial charge >= 0.3 is 0 Å². The summed E-state index contributed by atoms with van der Waals surface area (Å²) in [5, 5.41) is 0. The topological polar surface area (TPSA) is 46.6 Å². The van der Waals surface area contributed by atoms with Gasteiger partial charge in [0.25, 0.3) is 0 Å². The van der Waals surface area contributed by atoms with Crippen LogP contribution >= 0.6 is 0 Å². The maximum Gasteiger partial charge on any atom is 0.233 e. The first-order valence-corrected chi connectivity index (χ1v) is 13.8. The smallest absolute Gasteiger partial charge is 0.233 e. The van der Waals surface area contributed by atoms with Gasteiger partial charge in [0, 0.05) is 6.54 Å². The van der Waals surface area contributed by atoms with Crippen molar-refractivity contribution in [2.75, 3.05) is 6.54 Å². The molecule has 0 bridgehead atoms. The molecule has 32 heavy (non-hydrogen) atoms. The molecule has 4 rings (SSSR count). The average Bonchev–Trinajstić information content (AvgIpc) is 3.02. The lowest BCUT2D eigenvalue weighted by atomic mass is 9.60. The molecule has 3 atom stereocenters. The molecule has 0 aromatic rings. The predicted octanol–water partition coefficient (Wildman–Crippen LogP) is 6.37. The lowest BCUT2D eigenvalue weighted by Crippen LogP contribution is -2.39. The van der Waals surface area contributed by atoms with Crippen LogP contribution < -0.4 is 0 Å². The Balaban J connectivity index is 1.25. The van der Waals surface area contributed by atoms with Crippen LogP contribution in [-0.4, -0.2) is 35.5 Å². The van der Waals surface area contributed by atoms with Crippen LogP contribution in [0.15, 0.2) is 0 Å². The number of ether oxygens (including phenoxy) is 1. The number of imide groups is 1. The van der Waals surface area contributed by atoms with Crippen LogP contribution in [0, 0.1) is 35.0 Å². The predicted molar refractivity (Wildman–Crippen MR) is 128 cm³/mol. The van der Waals surface area contributed by atoms with Gasteiger partial charge in [-0.15, -0.1) is 0 Å².